The second-order valence-corrected chi connectivity index (χ2v) is 1.82. The van der Waals surface area contributed by atoms with Gasteiger partial charge in [-0.3, -0.25) is 9.59 Å². The van der Waals surface area contributed by atoms with Crippen LogP contribution in [0.3, 0.4) is 0 Å². The van der Waals surface area contributed by atoms with Crippen molar-refractivity contribution in [1.82, 2.24) is 0 Å². The molecule has 0 heterocycles. The van der Waals surface area contributed by atoms with Gasteiger partial charge in [0.15, 0.2) is 0 Å². The van der Waals surface area contributed by atoms with Crippen LogP contribution in [0.2, 0.25) is 0 Å². The molecule has 1 aromatic carbocycles. The van der Waals surface area contributed by atoms with Crippen molar-refractivity contribution in [2.75, 3.05) is 17.5 Å². The molecule has 0 saturated carbocycles. The predicted molar refractivity (Wildman–Crippen MR) is 44.5 cm³/mol. The Balaban J connectivity index is 3.11. The summed E-state index contributed by atoms with van der Waals surface area (Å²) in [5.74, 6) is 0. The highest BCUT2D eigenvalue weighted by Gasteiger charge is 2.16. The molecule has 1 rings (SSSR count). The van der Waals surface area contributed by atoms with E-state index in [4.69, 9.17) is 15.3 Å². The monoisotopic (exact) mass is 161 g/mol. The maximum absolute atomic E-state index is 11.0. The zero-order valence-electron chi connectivity index (χ0n) is 12.4. The summed E-state index contributed by atoms with van der Waals surface area (Å²) >= 11 is 0. The molecule has 0 aromatic heterocycles. The van der Waals surface area contributed by atoms with E-state index in [1.54, 1.807) is 5.32 Å². The number of anilines is 2. The van der Waals surface area contributed by atoms with E-state index >= 15 is 0 Å². The Morgan fingerprint density at radius 3 is 2.91 bits per heavy atom. The molecule has 1 aromatic rings. The molecule has 0 radical (unpaired) electrons. The lowest BCUT2D eigenvalue weighted by Gasteiger charge is -2.07. The number of hydrogen-bond acceptors (Lipinski definition) is 4. The molecular formula is C7H10N2O2. The summed E-state index contributed by atoms with van der Waals surface area (Å²) in [7, 11) is 0. The summed E-state index contributed by atoms with van der Waals surface area (Å²) < 4.78 is 50.0. The Hall–Kier alpha value is -1.32. The summed E-state index contributed by atoms with van der Waals surface area (Å²) in [6.07, 6.45) is -3.27. The lowest BCUT2D eigenvalue weighted by Crippen LogP contribution is -2.37. The van der Waals surface area contributed by atoms with Crippen molar-refractivity contribution in [3.8, 4) is 0 Å². The summed E-state index contributed by atoms with van der Waals surface area (Å²) in [4.78, 5) is 21.9. The fourth-order valence-corrected chi connectivity index (χ4v) is 0.627. The molecule has 60 valence electrons. The molecule has 3 N–H and O–H groups in total. The van der Waals surface area contributed by atoms with Gasteiger partial charge in [0.05, 0.1) is 0 Å². The van der Waals surface area contributed by atoms with Gasteiger partial charge in [0.2, 0.25) is 0 Å². The number of nitrogens with two attached hydrogens (primary N) is 1. The van der Waals surface area contributed by atoms with Crippen LogP contribution in [0.5, 0.6) is 0 Å². The van der Waals surface area contributed by atoms with E-state index in [9.17, 15) is 9.59 Å². The largest absolute Gasteiger partial charge is 0.394 e. The Morgan fingerprint density at radius 2 is 2.36 bits per heavy atom. The van der Waals surface area contributed by atoms with Crippen molar-refractivity contribution in [2.24, 2.45) is 0 Å². The maximum atomic E-state index is 11.0. The first-order valence-corrected chi connectivity index (χ1v) is 2.70. The van der Waals surface area contributed by atoms with E-state index in [0.717, 1.165) is 0 Å². The lowest BCUT2D eigenvalue weighted by atomic mass is 10.2. The zero-order chi connectivity index (χ0) is 14.5. The lowest BCUT2D eigenvalue weighted by molar-refractivity contribution is 0.975. The highest BCUT2D eigenvalue weighted by Crippen LogP contribution is 2.07. The topological polar surface area (TPSA) is 72.2 Å². The second kappa shape index (κ2) is 2.74. The third-order valence-corrected chi connectivity index (χ3v) is 1.20. The first kappa shape index (κ1) is 2.62. The predicted octanol–water partition coefficient (Wildman–Crippen LogP) is -0.313. The highest BCUT2D eigenvalue weighted by molar-refractivity contribution is 5.71. The first-order valence-electron chi connectivity index (χ1n) is 6.20. The molecule has 0 aliphatic heterocycles. The van der Waals surface area contributed by atoms with Crippen LogP contribution < -0.4 is 21.9 Å². The molecular weight excluding hydrogens is 144 g/mol. The standard InChI is InChI=1S/C7H10N2O2/c1-2-3-9-5-4(8)6(10)7(5)11/h9H,2-3,8H2,1H3/i1D3,2D2,3D2. The Kier molecular flexibility index (Phi) is 0.652. The SMILES string of the molecule is [2H]C([2H])([2H])C([2H])([2H])C([2H])([2H])Nc1c(N)c(=O)c1=O. The van der Waals surface area contributed by atoms with Crippen LogP contribution in [0, 0.1) is 0 Å². The van der Waals surface area contributed by atoms with E-state index in [0.29, 0.717) is 0 Å². The van der Waals surface area contributed by atoms with Gasteiger partial charge in [0.25, 0.3) is 10.9 Å². The van der Waals surface area contributed by atoms with Gasteiger partial charge < -0.3 is 11.1 Å². The summed E-state index contributed by atoms with van der Waals surface area (Å²) in [5.41, 5.74) is 1.89. The molecule has 0 unspecified atom stereocenters. The van der Waals surface area contributed by atoms with Gasteiger partial charge in [-0.15, -0.1) is 0 Å². The number of hydrogen-bond donors (Lipinski definition) is 2. The van der Waals surface area contributed by atoms with E-state index in [-0.39, 0.29) is 0 Å². The molecule has 0 fully saturated rings. The molecule has 11 heavy (non-hydrogen) atoms. The van der Waals surface area contributed by atoms with Crippen LogP contribution in [0.15, 0.2) is 9.59 Å². The van der Waals surface area contributed by atoms with E-state index < -0.39 is 42.0 Å². The Morgan fingerprint density at radius 1 is 1.64 bits per heavy atom. The van der Waals surface area contributed by atoms with Crippen molar-refractivity contribution < 1.29 is 9.60 Å². The first-order chi connectivity index (χ1) is 7.83. The zero-order valence-corrected chi connectivity index (χ0v) is 5.39. The molecule has 4 nitrogen and oxygen atoms in total. The van der Waals surface area contributed by atoms with Crippen molar-refractivity contribution in [2.45, 2.75) is 13.2 Å². The average molecular weight is 161 g/mol. The Bertz CT molecular complexity index is 541. The number of rotatable bonds is 3. The third-order valence-electron chi connectivity index (χ3n) is 1.20. The molecule has 0 atom stereocenters. The second-order valence-electron chi connectivity index (χ2n) is 1.82. The van der Waals surface area contributed by atoms with E-state index in [1.807, 2.05) is 0 Å². The van der Waals surface area contributed by atoms with Gasteiger partial charge in [0.1, 0.15) is 11.4 Å². The smallest absolute Gasteiger partial charge is 0.253 e. The molecule has 4 heteroatoms. The quantitative estimate of drug-likeness (QED) is 0.596. The van der Waals surface area contributed by atoms with Crippen LogP contribution in [0.1, 0.15) is 22.8 Å². The molecule has 0 saturated heterocycles. The van der Waals surface area contributed by atoms with E-state index in [2.05, 4.69) is 0 Å². The minimum Gasteiger partial charge on any atom is -0.394 e. The number of nitrogens with one attached hydrogen (secondary N) is 1. The van der Waals surface area contributed by atoms with Gasteiger partial charge in [-0.25, -0.2) is 0 Å². The van der Waals surface area contributed by atoms with Gasteiger partial charge >= 0.3 is 0 Å². The van der Waals surface area contributed by atoms with Gasteiger partial charge in [-0.1, -0.05) is 6.85 Å². The van der Waals surface area contributed by atoms with Crippen LogP contribution >= 0.6 is 0 Å². The Labute approximate surface area is 73.6 Å². The molecule has 0 bridgehead atoms. The van der Waals surface area contributed by atoms with Crippen LogP contribution in [-0.2, 0) is 0 Å². The van der Waals surface area contributed by atoms with Crippen LogP contribution in [-0.4, -0.2) is 6.50 Å². The molecule has 0 amide bonds. The molecule has 0 aliphatic carbocycles. The van der Waals surface area contributed by atoms with Gasteiger partial charge in [-0.05, 0) is 6.37 Å². The summed E-state index contributed by atoms with van der Waals surface area (Å²) in [6.45, 7) is -6.34. The van der Waals surface area contributed by atoms with Crippen LogP contribution in [0.4, 0.5) is 11.4 Å². The number of nitrogen functional groups attached to an aromatic ring is 1. The minimum atomic E-state index is -3.27. The summed E-state index contributed by atoms with van der Waals surface area (Å²) in [6, 6.07) is 0. The van der Waals surface area contributed by atoms with E-state index in [1.165, 1.54) is 0 Å². The minimum absolute atomic E-state index is 0.537. The third kappa shape index (κ3) is 1.11. The van der Waals surface area contributed by atoms with Crippen molar-refractivity contribution >= 4 is 11.4 Å². The van der Waals surface area contributed by atoms with Crippen molar-refractivity contribution in [3.63, 3.8) is 0 Å². The molecule has 0 spiro atoms. The van der Waals surface area contributed by atoms with Crippen LogP contribution in [0.25, 0.3) is 0 Å². The average Bonchev–Trinajstić information content (AvgIpc) is 2.22. The van der Waals surface area contributed by atoms with Gasteiger partial charge in [-0.2, -0.15) is 0 Å². The highest BCUT2D eigenvalue weighted by atomic mass is 16.2. The maximum Gasteiger partial charge on any atom is 0.253 e. The van der Waals surface area contributed by atoms with Crippen molar-refractivity contribution in [1.29, 1.82) is 0 Å². The fourth-order valence-electron chi connectivity index (χ4n) is 0.627. The fraction of sp³-hybridized carbons (Fsp3) is 0.429. The van der Waals surface area contributed by atoms with Crippen molar-refractivity contribution in [3.05, 3.63) is 20.4 Å². The summed E-state index contributed by atoms with van der Waals surface area (Å²) in [5, 5.41) is 1.75. The molecule has 0 aliphatic rings. The van der Waals surface area contributed by atoms with Gasteiger partial charge in [0, 0.05) is 16.1 Å². The normalized spacial score (nSPS) is 23.5.